The molecule has 0 aromatic heterocycles. The molecule has 0 bridgehead atoms. The Morgan fingerprint density at radius 2 is 2.12 bits per heavy atom. The minimum atomic E-state index is 0.105. The van der Waals surface area contributed by atoms with Crippen molar-refractivity contribution >= 4 is 53.7 Å². The Morgan fingerprint density at radius 1 is 1.35 bits per heavy atom. The monoisotopic (exact) mass is 423 g/mol. The summed E-state index contributed by atoms with van der Waals surface area (Å²) in [4.78, 5) is 14.7. The highest BCUT2D eigenvalue weighted by molar-refractivity contribution is 9.11. The molecular weight excluding hydrogens is 414 g/mol. The van der Waals surface area contributed by atoms with Gasteiger partial charge < -0.3 is 4.90 Å². The molecule has 1 amide bonds. The van der Waals surface area contributed by atoms with Gasteiger partial charge in [0.1, 0.15) is 0 Å². The summed E-state index contributed by atoms with van der Waals surface area (Å²) in [6.45, 7) is 1.64. The van der Waals surface area contributed by atoms with Gasteiger partial charge in [-0.15, -0.1) is 0 Å². The second kappa shape index (κ2) is 5.85. The number of rotatable bonds is 1. The first-order valence-corrected chi connectivity index (χ1v) is 7.96. The molecule has 17 heavy (non-hydrogen) atoms. The van der Waals surface area contributed by atoms with Crippen LogP contribution in [0.5, 0.6) is 0 Å². The van der Waals surface area contributed by atoms with E-state index in [2.05, 4.69) is 47.8 Å². The smallest absolute Gasteiger partial charge is 0.255 e. The van der Waals surface area contributed by atoms with Gasteiger partial charge in [-0.05, 0) is 47.0 Å². The Morgan fingerprint density at radius 3 is 2.76 bits per heavy atom. The standard InChI is InChI=1S/C12H12Br3NO/c13-8-3-4-10(11(15)6-8)12(17)16-5-1-2-9(14)7-16/h3-4,6,9H,1-2,5,7H2. The Bertz CT molecular complexity index is 436. The van der Waals surface area contributed by atoms with E-state index in [1.54, 1.807) is 0 Å². The zero-order valence-corrected chi connectivity index (χ0v) is 13.9. The fourth-order valence-corrected chi connectivity index (χ4v) is 3.83. The van der Waals surface area contributed by atoms with Crippen LogP contribution in [0.25, 0.3) is 0 Å². The van der Waals surface area contributed by atoms with Crippen LogP contribution in [0, 0.1) is 0 Å². The normalized spacial score (nSPS) is 20.4. The fourth-order valence-electron chi connectivity index (χ4n) is 1.94. The lowest BCUT2D eigenvalue weighted by Gasteiger charge is -2.30. The average molecular weight is 426 g/mol. The number of hydrogen-bond donors (Lipinski definition) is 0. The summed E-state index contributed by atoms with van der Waals surface area (Å²) in [5, 5.41) is 0. The third-order valence-corrected chi connectivity index (χ3v) is 4.71. The maximum absolute atomic E-state index is 12.3. The highest BCUT2D eigenvalue weighted by Gasteiger charge is 2.24. The SMILES string of the molecule is O=C(c1ccc(Br)cc1Br)N1CCCC(Br)C1. The summed E-state index contributed by atoms with van der Waals surface area (Å²) in [6, 6.07) is 5.66. The molecule has 1 aliphatic rings. The minimum Gasteiger partial charge on any atom is -0.337 e. The molecule has 1 unspecified atom stereocenters. The number of hydrogen-bond acceptors (Lipinski definition) is 1. The number of likely N-dealkylation sites (tertiary alicyclic amines) is 1. The van der Waals surface area contributed by atoms with Crippen molar-refractivity contribution in [2.24, 2.45) is 0 Å². The van der Waals surface area contributed by atoms with Crippen LogP contribution in [-0.2, 0) is 0 Å². The molecule has 1 heterocycles. The van der Waals surface area contributed by atoms with Gasteiger partial charge in [-0.25, -0.2) is 0 Å². The lowest BCUT2D eigenvalue weighted by molar-refractivity contribution is 0.0729. The third-order valence-electron chi connectivity index (χ3n) is 2.81. The number of benzene rings is 1. The zero-order valence-electron chi connectivity index (χ0n) is 9.13. The van der Waals surface area contributed by atoms with Gasteiger partial charge in [-0.3, -0.25) is 4.79 Å². The Balaban J connectivity index is 2.18. The predicted molar refractivity (Wildman–Crippen MR) is 79.7 cm³/mol. The number of alkyl halides is 1. The van der Waals surface area contributed by atoms with Crippen LogP contribution in [0.1, 0.15) is 23.2 Å². The van der Waals surface area contributed by atoms with E-state index in [9.17, 15) is 4.79 Å². The van der Waals surface area contributed by atoms with E-state index in [4.69, 9.17) is 0 Å². The molecule has 1 aromatic rings. The molecule has 2 nitrogen and oxygen atoms in total. The maximum atomic E-state index is 12.3. The first-order chi connectivity index (χ1) is 8.08. The molecule has 2 rings (SSSR count). The molecule has 1 saturated heterocycles. The van der Waals surface area contributed by atoms with Crippen LogP contribution >= 0.6 is 47.8 Å². The van der Waals surface area contributed by atoms with Crippen molar-refractivity contribution in [1.29, 1.82) is 0 Å². The van der Waals surface area contributed by atoms with Crippen molar-refractivity contribution in [3.05, 3.63) is 32.7 Å². The fraction of sp³-hybridized carbons (Fsp3) is 0.417. The van der Waals surface area contributed by atoms with Crippen molar-refractivity contribution in [3.8, 4) is 0 Å². The van der Waals surface area contributed by atoms with E-state index in [0.717, 1.165) is 40.4 Å². The van der Waals surface area contributed by atoms with Crippen molar-refractivity contribution in [2.45, 2.75) is 17.7 Å². The molecule has 0 saturated carbocycles. The topological polar surface area (TPSA) is 20.3 Å². The van der Waals surface area contributed by atoms with Gasteiger partial charge in [-0.2, -0.15) is 0 Å². The van der Waals surface area contributed by atoms with E-state index in [0.29, 0.717) is 4.83 Å². The highest BCUT2D eigenvalue weighted by atomic mass is 79.9. The van der Waals surface area contributed by atoms with E-state index in [1.807, 2.05) is 23.1 Å². The lowest BCUT2D eigenvalue weighted by atomic mass is 10.1. The molecule has 0 radical (unpaired) electrons. The van der Waals surface area contributed by atoms with Gasteiger partial charge in [0.15, 0.2) is 0 Å². The molecule has 0 N–H and O–H groups in total. The van der Waals surface area contributed by atoms with Gasteiger partial charge in [0.2, 0.25) is 0 Å². The second-order valence-corrected chi connectivity index (χ2v) is 7.18. The van der Waals surface area contributed by atoms with Crippen molar-refractivity contribution < 1.29 is 4.79 Å². The number of nitrogens with zero attached hydrogens (tertiary/aromatic N) is 1. The Hall–Kier alpha value is 0.130. The summed E-state index contributed by atoms with van der Waals surface area (Å²) in [6.07, 6.45) is 2.21. The largest absolute Gasteiger partial charge is 0.337 e. The minimum absolute atomic E-state index is 0.105. The summed E-state index contributed by atoms with van der Waals surface area (Å²) >= 11 is 10.4. The molecule has 1 aliphatic heterocycles. The summed E-state index contributed by atoms with van der Waals surface area (Å²) in [7, 11) is 0. The molecule has 0 spiro atoms. The van der Waals surface area contributed by atoms with Gasteiger partial charge in [0.25, 0.3) is 5.91 Å². The summed E-state index contributed by atoms with van der Waals surface area (Å²) in [5.74, 6) is 0.105. The number of carbonyl (C=O) groups is 1. The van der Waals surface area contributed by atoms with E-state index in [1.165, 1.54) is 0 Å². The van der Waals surface area contributed by atoms with Crippen LogP contribution in [-0.4, -0.2) is 28.7 Å². The molecule has 1 fully saturated rings. The first-order valence-electron chi connectivity index (χ1n) is 5.46. The van der Waals surface area contributed by atoms with Crippen LogP contribution < -0.4 is 0 Å². The van der Waals surface area contributed by atoms with Crippen molar-refractivity contribution in [2.75, 3.05) is 13.1 Å². The second-order valence-electron chi connectivity index (χ2n) is 4.11. The molecule has 1 atom stereocenters. The number of halogens is 3. The van der Waals surface area contributed by atoms with Crippen LogP contribution in [0.2, 0.25) is 0 Å². The molecule has 0 aliphatic carbocycles. The Kier molecular flexibility index (Phi) is 4.66. The lowest BCUT2D eigenvalue weighted by Crippen LogP contribution is -2.40. The Labute approximate surface area is 126 Å². The molecule has 1 aromatic carbocycles. The van der Waals surface area contributed by atoms with Gasteiger partial charge in [0, 0.05) is 26.9 Å². The predicted octanol–water partition coefficient (Wildman–Crippen LogP) is 4.21. The zero-order chi connectivity index (χ0) is 12.4. The summed E-state index contributed by atoms with van der Waals surface area (Å²) in [5.41, 5.74) is 0.731. The molecule has 5 heteroatoms. The molecule has 92 valence electrons. The van der Waals surface area contributed by atoms with E-state index in [-0.39, 0.29) is 5.91 Å². The maximum Gasteiger partial charge on any atom is 0.255 e. The van der Waals surface area contributed by atoms with Crippen LogP contribution in [0.3, 0.4) is 0 Å². The average Bonchev–Trinajstić information content (AvgIpc) is 2.28. The number of piperidine rings is 1. The quantitative estimate of drug-likeness (QED) is 0.617. The van der Waals surface area contributed by atoms with E-state index >= 15 is 0 Å². The number of amides is 1. The van der Waals surface area contributed by atoms with Gasteiger partial charge >= 0.3 is 0 Å². The van der Waals surface area contributed by atoms with E-state index < -0.39 is 0 Å². The van der Waals surface area contributed by atoms with Crippen LogP contribution in [0.4, 0.5) is 0 Å². The van der Waals surface area contributed by atoms with Gasteiger partial charge in [0.05, 0.1) is 5.56 Å². The summed E-state index contributed by atoms with van der Waals surface area (Å²) < 4.78 is 1.81. The molecular formula is C12H12Br3NO. The van der Waals surface area contributed by atoms with Crippen LogP contribution in [0.15, 0.2) is 27.1 Å². The third kappa shape index (κ3) is 3.32. The number of carbonyl (C=O) groups excluding carboxylic acids is 1. The van der Waals surface area contributed by atoms with Crippen molar-refractivity contribution in [3.63, 3.8) is 0 Å². The highest BCUT2D eigenvalue weighted by Crippen LogP contribution is 2.25. The van der Waals surface area contributed by atoms with Crippen molar-refractivity contribution in [1.82, 2.24) is 4.90 Å². The van der Waals surface area contributed by atoms with Gasteiger partial charge in [-0.1, -0.05) is 31.9 Å². The first kappa shape index (κ1) is 13.6.